The second-order valence-electron chi connectivity index (χ2n) is 6.64. The first kappa shape index (κ1) is 15.7. The normalized spacial score (nSPS) is 15.7. The van der Waals surface area contributed by atoms with Gasteiger partial charge in [0.2, 0.25) is 0 Å². The van der Waals surface area contributed by atoms with Gasteiger partial charge in [-0.25, -0.2) is 9.67 Å². The number of aryl methyl sites for hydroxylation is 3. The summed E-state index contributed by atoms with van der Waals surface area (Å²) >= 11 is 0. The van der Waals surface area contributed by atoms with Gasteiger partial charge in [0.1, 0.15) is 18.0 Å². The highest BCUT2D eigenvalue weighted by atomic mass is 15.3. The molecule has 1 fully saturated rings. The molecule has 0 amide bonds. The van der Waals surface area contributed by atoms with Gasteiger partial charge in [-0.15, -0.1) is 10.2 Å². The second kappa shape index (κ2) is 6.27. The van der Waals surface area contributed by atoms with Crippen molar-refractivity contribution in [2.75, 3.05) is 18.0 Å². The molecule has 0 N–H and O–H groups in total. The van der Waals surface area contributed by atoms with Crippen molar-refractivity contribution in [3.63, 3.8) is 0 Å². The number of aromatic nitrogens is 7. The SMILES string of the molecule is Cc1cc(C)n(-c2cncc(N3CCC(c4nncn4C)CC3)n2)n1. The van der Waals surface area contributed by atoms with Crippen molar-refractivity contribution < 1.29 is 0 Å². The molecule has 3 aromatic rings. The molecule has 8 heteroatoms. The Morgan fingerprint density at radius 2 is 1.84 bits per heavy atom. The van der Waals surface area contributed by atoms with Gasteiger partial charge < -0.3 is 9.47 Å². The van der Waals surface area contributed by atoms with Gasteiger partial charge in [-0.3, -0.25) is 4.98 Å². The monoisotopic (exact) mass is 338 g/mol. The number of anilines is 1. The molecule has 0 aliphatic carbocycles. The maximum absolute atomic E-state index is 4.78. The van der Waals surface area contributed by atoms with Crippen LogP contribution in [0.5, 0.6) is 0 Å². The van der Waals surface area contributed by atoms with E-state index in [1.807, 2.05) is 42.4 Å². The molecular formula is C17H22N8. The molecule has 3 aromatic heterocycles. The molecule has 0 bridgehead atoms. The molecule has 1 saturated heterocycles. The van der Waals surface area contributed by atoms with Gasteiger partial charge in [-0.1, -0.05) is 0 Å². The van der Waals surface area contributed by atoms with Crippen LogP contribution < -0.4 is 4.90 Å². The van der Waals surface area contributed by atoms with Crippen LogP contribution in [0.4, 0.5) is 5.82 Å². The first-order valence-electron chi connectivity index (χ1n) is 8.56. The zero-order valence-electron chi connectivity index (χ0n) is 14.8. The van der Waals surface area contributed by atoms with E-state index >= 15 is 0 Å². The largest absolute Gasteiger partial charge is 0.355 e. The van der Waals surface area contributed by atoms with E-state index in [-0.39, 0.29) is 0 Å². The fourth-order valence-corrected chi connectivity index (χ4v) is 3.49. The topological polar surface area (TPSA) is 77.5 Å². The number of hydrogen-bond acceptors (Lipinski definition) is 6. The van der Waals surface area contributed by atoms with Crippen LogP contribution in [0.2, 0.25) is 0 Å². The molecule has 130 valence electrons. The first-order valence-corrected chi connectivity index (χ1v) is 8.56. The summed E-state index contributed by atoms with van der Waals surface area (Å²) in [5.41, 5.74) is 2.04. The van der Waals surface area contributed by atoms with Crippen LogP contribution in [0.3, 0.4) is 0 Å². The summed E-state index contributed by atoms with van der Waals surface area (Å²) in [4.78, 5) is 11.4. The third-order valence-electron chi connectivity index (χ3n) is 4.77. The molecule has 1 aliphatic rings. The van der Waals surface area contributed by atoms with Crippen molar-refractivity contribution in [1.82, 2.24) is 34.5 Å². The van der Waals surface area contributed by atoms with E-state index in [9.17, 15) is 0 Å². The second-order valence-corrected chi connectivity index (χ2v) is 6.64. The molecular weight excluding hydrogens is 316 g/mol. The van der Waals surface area contributed by atoms with Crippen LogP contribution in [0, 0.1) is 13.8 Å². The zero-order valence-corrected chi connectivity index (χ0v) is 14.8. The highest BCUT2D eigenvalue weighted by Crippen LogP contribution is 2.28. The van der Waals surface area contributed by atoms with E-state index in [4.69, 9.17) is 4.98 Å². The van der Waals surface area contributed by atoms with Gasteiger partial charge in [0.05, 0.1) is 18.1 Å². The average molecular weight is 338 g/mol. The minimum absolute atomic E-state index is 0.455. The van der Waals surface area contributed by atoms with Crippen molar-refractivity contribution in [2.24, 2.45) is 7.05 Å². The predicted molar refractivity (Wildman–Crippen MR) is 93.8 cm³/mol. The molecule has 0 atom stereocenters. The van der Waals surface area contributed by atoms with Crippen LogP contribution in [-0.4, -0.2) is 47.6 Å². The standard InChI is InChI=1S/C17H22N8/c1-12-8-13(2)25(22-12)16-10-18-9-15(20-16)24-6-4-14(5-7-24)17-21-19-11-23(17)3/h8-11,14H,4-7H2,1-3H3. The Morgan fingerprint density at radius 3 is 2.48 bits per heavy atom. The average Bonchev–Trinajstić information content (AvgIpc) is 3.20. The van der Waals surface area contributed by atoms with Crippen molar-refractivity contribution in [3.8, 4) is 5.82 Å². The minimum atomic E-state index is 0.455. The van der Waals surface area contributed by atoms with Crippen molar-refractivity contribution in [2.45, 2.75) is 32.6 Å². The summed E-state index contributed by atoms with van der Waals surface area (Å²) in [6.45, 7) is 5.89. The third-order valence-corrected chi connectivity index (χ3v) is 4.77. The molecule has 0 saturated carbocycles. The van der Waals surface area contributed by atoms with Gasteiger partial charge in [0.15, 0.2) is 5.82 Å². The lowest BCUT2D eigenvalue weighted by atomic mass is 9.96. The number of piperidine rings is 1. The highest BCUT2D eigenvalue weighted by molar-refractivity contribution is 5.40. The summed E-state index contributed by atoms with van der Waals surface area (Å²) in [5, 5.41) is 12.8. The summed E-state index contributed by atoms with van der Waals surface area (Å²) in [7, 11) is 2.01. The number of nitrogens with zero attached hydrogens (tertiary/aromatic N) is 8. The Hall–Kier alpha value is -2.77. The molecule has 0 aromatic carbocycles. The first-order chi connectivity index (χ1) is 12.1. The Morgan fingerprint density at radius 1 is 1.08 bits per heavy atom. The smallest absolute Gasteiger partial charge is 0.174 e. The summed E-state index contributed by atoms with van der Waals surface area (Å²) in [6, 6.07) is 2.04. The molecule has 0 radical (unpaired) electrons. The van der Waals surface area contributed by atoms with Gasteiger partial charge in [0, 0.05) is 31.7 Å². The van der Waals surface area contributed by atoms with Gasteiger partial charge >= 0.3 is 0 Å². The van der Waals surface area contributed by atoms with E-state index in [2.05, 4.69) is 25.2 Å². The van der Waals surface area contributed by atoms with Crippen LogP contribution in [0.25, 0.3) is 5.82 Å². The van der Waals surface area contributed by atoms with Crippen LogP contribution in [0.1, 0.15) is 36.0 Å². The lowest BCUT2D eigenvalue weighted by molar-refractivity contribution is 0.471. The third kappa shape index (κ3) is 2.99. The summed E-state index contributed by atoms with van der Waals surface area (Å²) in [5.74, 6) is 3.19. The van der Waals surface area contributed by atoms with E-state index in [0.29, 0.717) is 5.92 Å². The maximum Gasteiger partial charge on any atom is 0.174 e. The lowest BCUT2D eigenvalue weighted by Crippen LogP contribution is -2.34. The molecule has 1 aliphatic heterocycles. The Balaban J connectivity index is 1.51. The lowest BCUT2D eigenvalue weighted by Gasteiger charge is -2.32. The summed E-state index contributed by atoms with van der Waals surface area (Å²) < 4.78 is 3.86. The quantitative estimate of drug-likeness (QED) is 0.724. The molecule has 0 spiro atoms. The Bertz CT molecular complexity index is 872. The minimum Gasteiger partial charge on any atom is -0.355 e. The highest BCUT2D eigenvalue weighted by Gasteiger charge is 2.25. The Labute approximate surface area is 146 Å². The molecule has 25 heavy (non-hydrogen) atoms. The zero-order chi connectivity index (χ0) is 17.4. The maximum atomic E-state index is 4.78. The molecule has 4 heterocycles. The van der Waals surface area contributed by atoms with Gasteiger partial charge in [-0.05, 0) is 32.8 Å². The fourth-order valence-electron chi connectivity index (χ4n) is 3.49. The van der Waals surface area contributed by atoms with E-state index < -0.39 is 0 Å². The van der Waals surface area contributed by atoms with Crippen molar-refractivity contribution >= 4 is 5.82 Å². The van der Waals surface area contributed by atoms with E-state index in [0.717, 1.165) is 54.8 Å². The van der Waals surface area contributed by atoms with E-state index in [1.165, 1.54) is 0 Å². The summed E-state index contributed by atoms with van der Waals surface area (Å²) in [6.07, 6.45) is 7.44. The van der Waals surface area contributed by atoms with Crippen molar-refractivity contribution in [1.29, 1.82) is 0 Å². The fraction of sp³-hybridized carbons (Fsp3) is 0.471. The van der Waals surface area contributed by atoms with E-state index in [1.54, 1.807) is 12.5 Å². The number of rotatable bonds is 3. The number of hydrogen-bond donors (Lipinski definition) is 0. The van der Waals surface area contributed by atoms with Crippen LogP contribution >= 0.6 is 0 Å². The van der Waals surface area contributed by atoms with Crippen LogP contribution in [0.15, 0.2) is 24.8 Å². The molecule has 0 unspecified atom stereocenters. The van der Waals surface area contributed by atoms with Gasteiger partial charge in [0.25, 0.3) is 0 Å². The van der Waals surface area contributed by atoms with Crippen molar-refractivity contribution in [3.05, 3.63) is 42.0 Å². The predicted octanol–water partition coefficient (Wildman–Crippen LogP) is 1.79. The molecule has 4 rings (SSSR count). The van der Waals surface area contributed by atoms with Crippen LogP contribution in [-0.2, 0) is 7.05 Å². The molecule has 8 nitrogen and oxygen atoms in total. The Kier molecular flexibility index (Phi) is 3.95. The van der Waals surface area contributed by atoms with Gasteiger partial charge in [-0.2, -0.15) is 5.10 Å².